The molecule has 0 aromatic carbocycles. The number of rotatable bonds is 6. The molecule has 9 heteroatoms. The summed E-state index contributed by atoms with van der Waals surface area (Å²) < 4.78 is 1.74. The molecular formula is C23H28N8O. The smallest absolute Gasteiger partial charge is 0.246 e. The molecule has 0 bridgehead atoms. The maximum atomic E-state index is 12.7. The number of aromatic nitrogens is 6. The maximum absolute atomic E-state index is 12.7. The third-order valence-corrected chi connectivity index (χ3v) is 5.53. The lowest BCUT2D eigenvalue weighted by Crippen LogP contribution is -2.39. The van der Waals surface area contributed by atoms with Crippen molar-refractivity contribution in [3.05, 3.63) is 59.6 Å². The van der Waals surface area contributed by atoms with Crippen LogP contribution < -0.4 is 5.32 Å². The molecule has 0 radical (unpaired) electrons. The normalized spacial score (nSPS) is 16.5. The van der Waals surface area contributed by atoms with Crippen molar-refractivity contribution in [3.8, 4) is 0 Å². The van der Waals surface area contributed by atoms with E-state index in [2.05, 4.69) is 30.4 Å². The van der Waals surface area contributed by atoms with Gasteiger partial charge in [0.15, 0.2) is 0 Å². The molecule has 1 aliphatic heterocycles. The van der Waals surface area contributed by atoms with Crippen LogP contribution >= 0.6 is 0 Å². The van der Waals surface area contributed by atoms with E-state index in [0.717, 1.165) is 55.1 Å². The van der Waals surface area contributed by atoms with Crippen molar-refractivity contribution >= 4 is 23.7 Å². The lowest BCUT2D eigenvalue weighted by molar-refractivity contribution is -0.127. The van der Waals surface area contributed by atoms with E-state index in [0.29, 0.717) is 17.7 Å². The molecule has 3 aromatic heterocycles. The van der Waals surface area contributed by atoms with E-state index in [-0.39, 0.29) is 5.91 Å². The minimum atomic E-state index is 0.0351. The second-order valence-corrected chi connectivity index (χ2v) is 8.20. The fraction of sp³-hybridized carbons (Fsp3) is 0.391. The number of nitrogens with one attached hydrogen (secondary N) is 1. The monoisotopic (exact) mass is 432 g/mol. The van der Waals surface area contributed by atoms with Crippen LogP contribution in [0.3, 0.4) is 0 Å². The van der Waals surface area contributed by atoms with Crippen molar-refractivity contribution in [1.29, 1.82) is 0 Å². The summed E-state index contributed by atoms with van der Waals surface area (Å²) in [5.74, 6) is 1.59. The molecule has 1 fully saturated rings. The molecular weight excluding hydrogens is 404 g/mol. The van der Waals surface area contributed by atoms with Crippen LogP contribution in [0.1, 0.15) is 35.6 Å². The largest absolute Gasteiger partial charge is 0.339 e. The molecule has 4 heterocycles. The summed E-state index contributed by atoms with van der Waals surface area (Å²) in [5.41, 5.74) is 3.65. The third-order valence-electron chi connectivity index (χ3n) is 5.53. The Morgan fingerprint density at radius 2 is 2.03 bits per heavy atom. The number of nitrogens with zero attached hydrogens (tertiary/aromatic N) is 7. The van der Waals surface area contributed by atoms with E-state index in [9.17, 15) is 4.79 Å². The molecule has 4 rings (SSSR count). The first-order chi connectivity index (χ1) is 15.5. The van der Waals surface area contributed by atoms with Crippen molar-refractivity contribution in [3.63, 3.8) is 0 Å². The zero-order chi connectivity index (χ0) is 22.5. The molecule has 1 atom stereocenters. The van der Waals surface area contributed by atoms with Gasteiger partial charge >= 0.3 is 0 Å². The highest BCUT2D eigenvalue weighted by Gasteiger charge is 2.23. The highest BCUT2D eigenvalue weighted by Crippen LogP contribution is 2.22. The summed E-state index contributed by atoms with van der Waals surface area (Å²) in [4.78, 5) is 32.2. The van der Waals surface area contributed by atoms with Gasteiger partial charge in [-0.15, -0.1) is 0 Å². The summed E-state index contributed by atoms with van der Waals surface area (Å²) in [6.45, 7) is 5.38. The average molecular weight is 433 g/mol. The Morgan fingerprint density at radius 3 is 2.78 bits per heavy atom. The number of aryl methyl sites for hydroxylation is 3. The molecule has 32 heavy (non-hydrogen) atoms. The number of hydrogen-bond acceptors (Lipinski definition) is 7. The van der Waals surface area contributed by atoms with Gasteiger partial charge in [0.25, 0.3) is 0 Å². The number of hydrogen-bond donors (Lipinski definition) is 1. The highest BCUT2D eigenvalue weighted by atomic mass is 16.2. The lowest BCUT2D eigenvalue weighted by Gasteiger charge is -2.32. The number of amides is 1. The molecule has 3 aromatic rings. The topological polar surface area (TPSA) is 102 Å². The van der Waals surface area contributed by atoms with Crippen LogP contribution in [0.2, 0.25) is 0 Å². The van der Waals surface area contributed by atoms with Crippen LogP contribution in [-0.4, -0.2) is 53.6 Å². The minimum absolute atomic E-state index is 0.0351. The van der Waals surface area contributed by atoms with Crippen molar-refractivity contribution in [2.24, 2.45) is 13.0 Å². The molecule has 1 N–H and O–H groups in total. The first-order valence-corrected chi connectivity index (χ1v) is 10.8. The van der Waals surface area contributed by atoms with Crippen molar-refractivity contribution in [1.82, 2.24) is 34.6 Å². The molecule has 166 valence electrons. The molecule has 0 aliphatic carbocycles. The zero-order valence-corrected chi connectivity index (χ0v) is 18.7. The van der Waals surface area contributed by atoms with Crippen molar-refractivity contribution in [2.75, 3.05) is 18.4 Å². The van der Waals surface area contributed by atoms with Crippen LogP contribution in [0.5, 0.6) is 0 Å². The number of piperidine rings is 1. The number of likely N-dealkylation sites (tertiary alicyclic amines) is 1. The van der Waals surface area contributed by atoms with E-state index in [4.69, 9.17) is 0 Å². The van der Waals surface area contributed by atoms with E-state index < -0.39 is 0 Å². The lowest BCUT2D eigenvalue weighted by atomic mass is 9.93. The highest BCUT2D eigenvalue weighted by molar-refractivity contribution is 5.91. The van der Waals surface area contributed by atoms with Gasteiger partial charge in [-0.25, -0.2) is 19.9 Å². The molecule has 0 saturated carbocycles. The van der Waals surface area contributed by atoms with Gasteiger partial charge in [-0.2, -0.15) is 5.10 Å². The summed E-state index contributed by atoms with van der Waals surface area (Å²) in [5, 5.41) is 7.29. The Balaban J connectivity index is 1.37. The van der Waals surface area contributed by atoms with Crippen LogP contribution in [0.15, 0.2) is 36.8 Å². The van der Waals surface area contributed by atoms with Crippen molar-refractivity contribution in [2.45, 2.75) is 33.1 Å². The molecule has 1 saturated heterocycles. The molecule has 1 amide bonds. The van der Waals surface area contributed by atoms with Crippen molar-refractivity contribution < 1.29 is 4.79 Å². The molecule has 0 spiro atoms. The first kappa shape index (κ1) is 21.6. The fourth-order valence-corrected chi connectivity index (χ4v) is 4.01. The van der Waals surface area contributed by atoms with Gasteiger partial charge in [-0.1, -0.05) is 0 Å². The van der Waals surface area contributed by atoms with E-state index in [1.165, 1.54) is 0 Å². The quantitative estimate of drug-likeness (QED) is 0.598. The SMILES string of the molecule is Cc1cc(C)nc(Nc2cc(CC3CCCN(C(=O)C=Cc4ccnn4C)C3)ncn2)n1. The van der Waals surface area contributed by atoms with Gasteiger partial charge in [0.1, 0.15) is 12.1 Å². The van der Waals surface area contributed by atoms with Crippen LogP contribution in [0.4, 0.5) is 11.8 Å². The zero-order valence-electron chi connectivity index (χ0n) is 18.7. The Morgan fingerprint density at radius 1 is 1.22 bits per heavy atom. The summed E-state index contributed by atoms with van der Waals surface area (Å²) >= 11 is 0. The Kier molecular flexibility index (Phi) is 6.53. The van der Waals surface area contributed by atoms with E-state index >= 15 is 0 Å². The third kappa shape index (κ3) is 5.54. The predicted molar refractivity (Wildman–Crippen MR) is 122 cm³/mol. The molecule has 9 nitrogen and oxygen atoms in total. The van der Waals surface area contributed by atoms with Crippen LogP contribution in [0, 0.1) is 19.8 Å². The molecule has 1 aliphatic rings. The van der Waals surface area contributed by atoms with E-state index in [1.54, 1.807) is 23.3 Å². The van der Waals surface area contributed by atoms with Crippen LogP contribution in [0.25, 0.3) is 6.08 Å². The molecule has 1 unspecified atom stereocenters. The van der Waals surface area contributed by atoms with Gasteiger partial charge in [-0.05, 0) is 57.2 Å². The van der Waals surface area contributed by atoms with E-state index in [1.807, 2.05) is 50.1 Å². The Bertz CT molecular complexity index is 1100. The Hall–Kier alpha value is -3.62. The number of anilines is 2. The average Bonchev–Trinajstić information content (AvgIpc) is 3.16. The fourth-order valence-electron chi connectivity index (χ4n) is 4.01. The summed E-state index contributed by atoms with van der Waals surface area (Å²) in [7, 11) is 1.86. The first-order valence-electron chi connectivity index (χ1n) is 10.8. The van der Waals surface area contributed by atoms with Gasteiger partial charge < -0.3 is 10.2 Å². The number of carbonyl (C=O) groups excluding carboxylic acids is 1. The van der Waals surface area contributed by atoms with Gasteiger partial charge in [0.05, 0.1) is 5.69 Å². The maximum Gasteiger partial charge on any atom is 0.246 e. The summed E-state index contributed by atoms with van der Waals surface area (Å²) in [6, 6.07) is 5.75. The van der Waals surface area contributed by atoms with Crippen LogP contribution in [-0.2, 0) is 18.3 Å². The second kappa shape index (κ2) is 9.67. The summed E-state index contributed by atoms with van der Waals surface area (Å²) in [6.07, 6.45) is 9.58. The number of carbonyl (C=O) groups is 1. The second-order valence-electron chi connectivity index (χ2n) is 8.20. The Labute approximate surface area is 187 Å². The predicted octanol–water partition coefficient (Wildman–Crippen LogP) is 2.86. The minimum Gasteiger partial charge on any atom is -0.339 e. The standard InChI is InChI=1S/C23H28N8O/c1-16-11-17(2)28-23(27-16)29-21-13-19(24-15-25-21)12-18-5-4-10-31(14-18)22(32)7-6-20-8-9-26-30(20)3/h6-9,11,13,15,18H,4-5,10,12,14H2,1-3H3,(H,24,25,27,28,29). The van der Waals surface area contributed by atoms with Gasteiger partial charge in [0, 0.05) is 55.6 Å². The van der Waals surface area contributed by atoms with Gasteiger partial charge in [-0.3, -0.25) is 9.48 Å². The van der Waals surface area contributed by atoms with Gasteiger partial charge in [0.2, 0.25) is 11.9 Å².